The highest BCUT2D eigenvalue weighted by molar-refractivity contribution is 6.02. The van der Waals surface area contributed by atoms with Gasteiger partial charge in [0.1, 0.15) is 5.82 Å². The van der Waals surface area contributed by atoms with E-state index in [1.807, 2.05) is 29.8 Å². The number of fused-ring (bicyclic) bond motifs is 1. The minimum absolute atomic E-state index is 0.0570. The zero-order chi connectivity index (χ0) is 23.0. The van der Waals surface area contributed by atoms with Crippen LogP contribution >= 0.6 is 0 Å². The van der Waals surface area contributed by atoms with Crippen LogP contribution < -0.4 is 5.32 Å². The molecule has 0 aliphatic rings. The van der Waals surface area contributed by atoms with Gasteiger partial charge in [0.25, 0.3) is 0 Å². The van der Waals surface area contributed by atoms with Gasteiger partial charge < -0.3 is 9.88 Å². The van der Waals surface area contributed by atoms with Crippen LogP contribution in [-0.2, 0) is 11.8 Å². The van der Waals surface area contributed by atoms with Gasteiger partial charge >= 0.3 is 0 Å². The van der Waals surface area contributed by atoms with E-state index in [1.54, 1.807) is 24.8 Å². The number of amides is 1. The minimum atomic E-state index is -0.536. The van der Waals surface area contributed by atoms with E-state index in [2.05, 4.69) is 15.3 Å². The summed E-state index contributed by atoms with van der Waals surface area (Å²) in [4.78, 5) is 20.8. The van der Waals surface area contributed by atoms with E-state index in [4.69, 9.17) is 6.85 Å². The van der Waals surface area contributed by atoms with Gasteiger partial charge in [-0.25, -0.2) is 9.97 Å². The average Bonchev–Trinajstić information content (AvgIpc) is 3.21. The molecular formula is C22H18N4O. The molecule has 5 heteroatoms. The standard InChI is InChI=1S/C22H18N4O/c1-26-15-23-14-20(26)17-8-9-18-13-24-21(12-19(18)11-17)25-22(27)10-7-16-5-3-2-4-6-16/h2-15H,1H3,(H,24,25,27)/b10-7+/i2D,3D,4D,5D,6D. The maximum atomic E-state index is 12.4. The number of imidazole rings is 1. The van der Waals surface area contributed by atoms with Gasteiger partial charge in [0.2, 0.25) is 5.91 Å². The van der Waals surface area contributed by atoms with E-state index in [0.29, 0.717) is 5.82 Å². The molecule has 0 aliphatic carbocycles. The second-order valence-corrected chi connectivity index (χ2v) is 5.88. The predicted octanol–water partition coefficient (Wildman–Crippen LogP) is 4.29. The molecule has 2 heterocycles. The SMILES string of the molecule is [2H]c1c([2H])c([2H])c(/C=C/C(=O)Nc2cc3cc(-c4cncn4C)ccc3cn2)c([2H])c1[2H]. The quantitative estimate of drug-likeness (QED) is 0.553. The topological polar surface area (TPSA) is 59.8 Å². The molecule has 0 bridgehead atoms. The summed E-state index contributed by atoms with van der Waals surface area (Å²) in [5.41, 5.74) is 1.87. The van der Waals surface area contributed by atoms with Gasteiger partial charge in [-0.1, -0.05) is 42.3 Å². The number of carbonyl (C=O) groups excluding carboxylic acids is 1. The number of hydrogen-bond acceptors (Lipinski definition) is 3. The van der Waals surface area contributed by atoms with Crippen LogP contribution in [0.1, 0.15) is 12.4 Å². The number of aromatic nitrogens is 3. The highest BCUT2D eigenvalue weighted by Crippen LogP contribution is 2.25. The van der Waals surface area contributed by atoms with E-state index in [0.717, 1.165) is 28.1 Å². The van der Waals surface area contributed by atoms with Crippen LogP contribution in [0.2, 0.25) is 0 Å². The summed E-state index contributed by atoms with van der Waals surface area (Å²) >= 11 is 0. The lowest BCUT2D eigenvalue weighted by molar-refractivity contribution is -0.111. The Morgan fingerprint density at radius 2 is 2.00 bits per heavy atom. The van der Waals surface area contributed by atoms with E-state index < -0.39 is 24.0 Å². The van der Waals surface area contributed by atoms with Gasteiger partial charge in [0.05, 0.1) is 25.1 Å². The molecular weight excluding hydrogens is 336 g/mol. The average molecular weight is 359 g/mol. The maximum absolute atomic E-state index is 12.4. The molecule has 0 spiro atoms. The number of pyridine rings is 1. The minimum Gasteiger partial charge on any atom is -0.334 e. The zero-order valence-electron chi connectivity index (χ0n) is 19.4. The first-order valence-corrected chi connectivity index (χ1v) is 8.18. The fraction of sp³-hybridized carbons (Fsp3) is 0.0455. The van der Waals surface area contributed by atoms with Crippen LogP contribution in [0.15, 0.2) is 79.3 Å². The first kappa shape index (κ1) is 11.8. The summed E-state index contributed by atoms with van der Waals surface area (Å²) in [6, 6.07) is 5.51. The summed E-state index contributed by atoms with van der Waals surface area (Å²) in [5.74, 6) is -0.207. The van der Waals surface area contributed by atoms with E-state index >= 15 is 0 Å². The van der Waals surface area contributed by atoms with Crippen molar-refractivity contribution >= 4 is 28.6 Å². The number of anilines is 1. The number of rotatable bonds is 4. The molecule has 0 atom stereocenters. The highest BCUT2D eigenvalue weighted by atomic mass is 16.1. The van der Waals surface area contributed by atoms with E-state index in [9.17, 15) is 4.79 Å². The molecule has 0 unspecified atom stereocenters. The number of benzene rings is 2. The van der Waals surface area contributed by atoms with Crippen molar-refractivity contribution in [1.29, 1.82) is 0 Å². The summed E-state index contributed by atoms with van der Waals surface area (Å²) in [6.07, 6.45) is 7.47. The first-order chi connectivity index (χ1) is 15.3. The number of carbonyl (C=O) groups is 1. The van der Waals surface area contributed by atoms with Crippen molar-refractivity contribution in [1.82, 2.24) is 14.5 Å². The lowest BCUT2D eigenvalue weighted by Gasteiger charge is -2.07. The van der Waals surface area contributed by atoms with Crippen molar-refractivity contribution in [2.24, 2.45) is 7.05 Å². The molecule has 1 amide bonds. The van der Waals surface area contributed by atoms with Crippen LogP contribution in [0.25, 0.3) is 28.1 Å². The fourth-order valence-electron chi connectivity index (χ4n) is 2.67. The Labute approximate surface area is 164 Å². The van der Waals surface area contributed by atoms with Crippen molar-refractivity contribution in [3.63, 3.8) is 0 Å². The molecule has 0 fully saturated rings. The Morgan fingerprint density at radius 1 is 1.15 bits per heavy atom. The largest absolute Gasteiger partial charge is 0.334 e. The summed E-state index contributed by atoms with van der Waals surface area (Å²) in [6.45, 7) is 0. The van der Waals surface area contributed by atoms with Crippen molar-refractivity contribution in [2.75, 3.05) is 5.32 Å². The molecule has 2 aromatic heterocycles. The van der Waals surface area contributed by atoms with Crippen LogP contribution in [0.5, 0.6) is 0 Å². The van der Waals surface area contributed by atoms with Crippen molar-refractivity contribution in [3.05, 3.63) is 84.8 Å². The third-order valence-corrected chi connectivity index (χ3v) is 4.01. The smallest absolute Gasteiger partial charge is 0.249 e. The van der Waals surface area contributed by atoms with E-state index in [1.165, 1.54) is 6.08 Å². The van der Waals surface area contributed by atoms with Gasteiger partial charge in [0.15, 0.2) is 0 Å². The predicted molar refractivity (Wildman–Crippen MR) is 108 cm³/mol. The molecule has 5 nitrogen and oxygen atoms in total. The lowest BCUT2D eigenvalue weighted by atomic mass is 10.1. The second-order valence-electron chi connectivity index (χ2n) is 5.88. The summed E-state index contributed by atoms with van der Waals surface area (Å²) in [5, 5.41) is 4.43. The van der Waals surface area contributed by atoms with Crippen LogP contribution in [-0.4, -0.2) is 20.4 Å². The van der Waals surface area contributed by atoms with Gasteiger partial charge in [0, 0.05) is 30.3 Å². The van der Waals surface area contributed by atoms with Crippen molar-refractivity contribution < 1.29 is 11.6 Å². The highest BCUT2D eigenvalue weighted by Gasteiger charge is 2.06. The van der Waals surface area contributed by atoms with Crippen LogP contribution in [0.3, 0.4) is 0 Å². The number of nitrogens with zero attached hydrogens (tertiary/aromatic N) is 3. The van der Waals surface area contributed by atoms with Crippen molar-refractivity contribution in [3.8, 4) is 11.3 Å². The van der Waals surface area contributed by atoms with Gasteiger partial charge in [-0.05, 0) is 29.2 Å². The molecule has 4 aromatic rings. The van der Waals surface area contributed by atoms with E-state index in [-0.39, 0.29) is 17.6 Å². The third-order valence-electron chi connectivity index (χ3n) is 4.01. The van der Waals surface area contributed by atoms with Crippen LogP contribution in [0, 0.1) is 0 Å². The Kier molecular flexibility index (Phi) is 3.17. The maximum Gasteiger partial charge on any atom is 0.249 e. The molecule has 0 radical (unpaired) electrons. The Bertz CT molecular complexity index is 1370. The zero-order valence-corrected chi connectivity index (χ0v) is 14.4. The Morgan fingerprint density at radius 3 is 2.78 bits per heavy atom. The Hall–Kier alpha value is -3.73. The number of hydrogen-bond donors (Lipinski definition) is 1. The number of nitrogens with one attached hydrogen (secondary N) is 1. The molecule has 27 heavy (non-hydrogen) atoms. The van der Waals surface area contributed by atoms with Gasteiger partial charge in [-0.3, -0.25) is 4.79 Å². The van der Waals surface area contributed by atoms with Crippen LogP contribution in [0.4, 0.5) is 5.82 Å². The van der Waals surface area contributed by atoms with Crippen molar-refractivity contribution in [2.45, 2.75) is 0 Å². The molecule has 132 valence electrons. The molecule has 0 saturated carbocycles. The monoisotopic (exact) mass is 359 g/mol. The molecule has 2 aromatic carbocycles. The summed E-state index contributed by atoms with van der Waals surface area (Å²) < 4.78 is 40.8. The lowest BCUT2D eigenvalue weighted by Crippen LogP contribution is -2.08. The third kappa shape index (κ3) is 3.77. The Balaban J connectivity index is 1.58. The first-order valence-electron chi connectivity index (χ1n) is 10.7. The molecule has 1 N–H and O–H groups in total. The molecule has 4 rings (SSSR count). The second kappa shape index (κ2) is 7.25. The number of aryl methyl sites for hydroxylation is 1. The molecule has 0 saturated heterocycles. The van der Waals surface area contributed by atoms with Gasteiger partial charge in [-0.15, -0.1) is 0 Å². The molecule has 0 aliphatic heterocycles. The normalized spacial score (nSPS) is 13.7. The fourth-order valence-corrected chi connectivity index (χ4v) is 2.67. The summed E-state index contributed by atoms with van der Waals surface area (Å²) in [7, 11) is 1.91. The van der Waals surface area contributed by atoms with Gasteiger partial charge in [-0.2, -0.15) is 0 Å².